The number of aromatic nitrogens is 2. The van der Waals surface area contributed by atoms with Crippen molar-refractivity contribution >= 4 is 44.4 Å². The maximum absolute atomic E-state index is 13.3. The van der Waals surface area contributed by atoms with Crippen molar-refractivity contribution < 1.29 is 13.2 Å². The smallest absolute Gasteiger partial charge is 0.247 e. The number of para-hydroxylation sites is 1. The summed E-state index contributed by atoms with van der Waals surface area (Å²) in [6.07, 6.45) is 0. The lowest BCUT2D eigenvalue weighted by Crippen LogP contribution is -2.37. The Labute approximate surface area is 184 Å². The molecule has 1 aromatic heterocycles. The number of amides is 1. The average Bonchev–Trinajstić information content (AvgIpc) is 3.24. The van der Waals surface area contributed by atoms with E-state index in [9.17, 15) is 13.2 Å². The number of nitrogens with one attached hydrogen (secondary N) is 2. The topological polar surface area (TPSA) is 101 Å². The van der Waals surface area contributed by atoms with E-state index in [0.717, 1.165) is 22.9 Å². The van der Waals surface area contributed by atoms with Crippen LogP contribution in [0.5, 0.6) is 0 Å². The molecule has 4 rings (SSSR count). The summed E-state index contributed by atoms with van der Waals surface area (Å²) in [6.45, 7) is 3.78. The number of benzene rings is 3. The fourth-order valence-electron chi connectivity index (χ4n) is 3.34. The number of aryl methyl sites for hydroxylation is 2. The van der Waals surface area contributed by atoms with Crippen LogP contribution in [0.25, 0.3) is 11.0 Å². The molecule has 7 nitrogen and oxygen atoms in total. The summed E-state index contributed by atoms with van der Waals surface area (Å²) in [5.41, 5.74) is 3.74. The number of hydrogen-bond acceptors (Lipinski definition) is 6. The molecular formula is C22H20N4O3S2. The van der Waals surface area contributed by atoms with E-state index in [1.165, 1.54) is 6.07 Å². The summed E-state index contributed by atoms with van der Waals surface area (Å²) >= 11 is 0.938. The van der Waals surface area contributed by atoms with Gasteiger partial charge in [-0.1, -0.05) is 54.6 Å². The van der Waals surface area contributed by atoms with Crippen LogP contribution in [-0.4, -0.2) is 23.1 Å². The van der Waals surface area contributed by atoms with Crippen LogP contribution < -0.4 is 10.0 Å². The predicted octanol–water partition coefficient (Wildman–Crippen LogP) is 3.97. The van der Waals surface area contributed by atoms with Crippen LogP contribution in [0.1, 0.15) is 22.7 Å². The predicted molar refractivity (Wildman–Crippen MR) is 121 cm³/mol. The molecule has 0 aliphatic carbocycles. The van der Waals surface area contributed by atoms with Crippen molar-refractivity contribution in [2.45, 2.75) is 24.8 Å². The molecule has 1 amide bonds. The number of anilines is 1. The highest BCUT2D eigenvalue weighted by molar-refractivity contribution is 7.89. The molecule has 1 heterocycles. The number of sulfonamides is 1. The number of carbonyl (C=O) groups excluding carboxylic acids is 1. The SMILES string of the molecule is Cc1cccc(C)c1NC(=O)C(NS(=O)(=O)c1cccc2nsnc12)c1ccccc1. The highest BCUT2D eigenvalue weighted by Gasteiger charge is 2.29. The van der Waals surface area contributed by atoms with Crippen LogP contribution in [0, 0.1) is 13.8 Å². The van der Waals surface area contributed by atoms with Crippen molar-refractivity contribution in [2.24, 2.45) is 0 Å². The minimum Gasteiger partial charge on any atom is -0.324 e. The summed E-state index contributed by atoms with van der Waals surface area (Å²) in [4.78, 5) is 13.3. The van der Waals surface area contributed by atoms with Gasteiger partial charge in [0.05, 0.1) is 11.7 Å². The molecule has 0 aliphatic rings. The molecule has 0 saturated heterocycles. The Morgan fingerprint density at radius 3 is 2.29 bits per heavy atom. The molecular weight excluding hydrogens is 432 g/mol. The first-order valence-corrected chi connectivity index (χ1v) is 11.7. The highest BCUT2D eigenvalue weighted by atomic mass is 32.2. The summed E-state index contributed by atoms with van der Waals surface area (Å²) in [5.74, 6) is -0.476. The van der Waals surface area contributed by atoms with Gasteiger partial charge in [-0.3, -0.25) is 4.79 Å². The van der Waals surface area contributed by atoms with Gasteiger partial charge in [0.15, 0.2) is 0 Å². The van der Waals surface area contributed by atoms with Crippen molar-refractivity contribution in [2.75, 3.05) is 5.32 Å². The molecule has 0 bridgehead atoms. The Bertz CT molecular complexity index is 1330. The molecule has 31 heavy (non-hydrogen) atoms. The molecule has 0 spiro atoms. The molecule has 3 aromatic carbocycles. The van der Waals surface area contributed by atoms with Gasteiger partial charge in [-0.2, -0.15) is 13.5 Å². The van der Waals surface area contributed by atoms with E-state index in [2.05, 4.69) is 18.8 Å². The Kier molecular flexibility index (Phi) is 5.81. The first kappa shape index (κ1) is 21.1. The van der Waals surface area contributed by atoms with E-state index in [1.807, 2.05) is 32.0 Å². The molecule has 9 heteroatoms. The third-order valence-corrected chi connectivity index (χ3v) is 6.93. The Hall–Kier alpha value is -3.14. The van der Waals surface area contributed by atoms with E-state index in [1.54, 1.807) is 42.5 Å². The minimum absolute atomic E-state index is 0.0143. The second-order valence-electron chi connectivity index (χ2n) is 7.11. The van der Waals surface area contributed by atoms with E-state index >= 15 is 0 Å². The van der Waals surface area contributed by atoms with Gasteiger partial charge in [0.25, 0.3) is 0 Å². The largest absolute Gasteiger partial charge is 0.324 e. The number of carbonyl (C=O) groups is 1. The zero-order valence-electron chi connectivity index (χ0n) is 16.9. The first-order valence-electron chi connectivity index (χ1n) is 9.52. The van der Waals surface area contributed by atoms with E-state index in [-0.39, 0.29) is 10.4 Å². The average molecular weight is 453 g/mol. The van der Waals surface area contributed by atoms with Gasteiger partial charge in [0, 0.05) is 5.69 Å². The van der Waals surface area contributed by atoms with Crippen LogP contribution in [0.4, 0.5) is 5.69 Å². The van der Waals surface area contributed by atoms with Gasteiger partial charge in [0.1, 0.15) is 22.0 Å². The molecule has 0 fully saturated rings. The number of nitrogens with zero attached hydrogens (tertiary/aromatic N) is 2. The maximum atomic E-state index is 13.3. The zero-order valence-corrected chi connectivity index (χ0v) is 18.5. The fourth-order valence-corrected chi connectivity index (χ4v) is 5.29. The minimum atomic E-state index is -4.07. The molecule has 2 N–H and O–H groups in total. The number of fused-ring (bicyclic) bond motifs is 1. The second-order valence-corrected chi connectivity index (χ2v) is 9.32. The van der Waals surface area contributed by atoms with Crippen molar-refractivity contribution in [1.82, 2.24) is 13.5 Å². The van der Waals surface area contributed by atoms with Gasteiger partial charge in [-0.25, -0.2) is 8.42 Å². The number of rotatable bonds is 6. The van der Waals surface area contributed by atoms with Gasteiger partial charge in [-0.15, -0.1) is 0 Å². The molecule has 0 aliphatic heterocycles. The molecule has 158 valence electrons. The standard InChI is InChI=1S/C22H20N4O3S2/c1-14-8-6-9-15(2)19(14)23-22(27)20(16-10-4-3-5-11-16)26-31(28,29)18-13-7-12-17-21(18)25-30-24-17/h3-13,20,26H,1-2H3,(H,23,27). The van der Waals surface area contributed by atoms with E-state index < -0.39 is 22.0 Å². The lowest BCUT2D eigenvalue weighted by atomic mass is 10.1. The summed E-state index contributed by atoms with van der Waals surface area (Å²) < 4.78 is 37.3. The molecule has 0 saturated carbocycles. The lowest BCUT2D eigenvalue weighted by Gasteiger charge is -2.20. The third-order valence-electron chi connectivity index (χ3n) is 4.94. The van der Waals surface area contributed by atoms with Crippen molar-refractivity contribution in [1.29, 1.82) is 0 Å². The molecule has 1 unspecified atom stereocenters. The fraction of sp³-hybridized carbons (Fsp3) is 0.136. The quantitative estimate of drug-likeness (QED) is 0.461. The summed E-state index contributed by atoms with van der Waals surface area (Å²) in [6, 6.07) is 18.0. The summed E-state index contributed by atoms with van der Waals surface area (Å²) in [7, 11) is -4.07. The Morgan fingerprint density at radius 1 is 0.903 bits per heavy atom. The van der Waals surface area contributed by atoms with Crippen molar-refractivity contribution in [3.8, 4) is 0 Å². The Morgan fingerprint density at radius 2 is 1.58 bits per heavy atom. The summed E-state index contributed by atoms with van der Waals surface area (Å²) in [5, 5.41) is 2.89. The van der Waals surface area contributed by atoms with Gasteiger partial charge in [-0.05, 0) is 42.7 Å². The number of hydrogen-bond donors (Lipinski definition) is 2. The van der Waals surface area contributed by atoms with E-state index in [0.29, 0.717) is 16.8 Å². The monoisotopic (exact) mass is 452 g/mol. The van der Waals surface area contributed by atoms with E-state index in [4.69, 9.17) is 0 Å². The molecule has 1 atom stereocenters. The normalized spacial score (nSPS) is 12.6. The van der Waals surface area contributed by atoms with Crippen molar-refractivity contribution in [3.05, 3.63) is 83.4 Å². The van der Waals surface area contributed by atoms with Crippen LogP contribution in [0.2, 0.25) is 0 Å². The maximum Gasteiger partial charge on any atom is 0.247 e. The zero-order chi connectivity index (χ0) is 22.0. The van der Waals surface area contributed by atoms with Gasteiger partial charge < -0.3 is 5.32 Å². The van der Waals surface area contributed by atoms with Crippen LogP contribution in [0.3, 0.4) is 0 Å². The van der Waals surface area contributed by atoms with Gasteiger partial charge >= 0.3 is 0 Å². The first-order chi connectivity index (χ1) is 14.9. The van der Waals surface area contributed by atoms with Crippen LogP contribution in [0.15, 0.2) is 71.6 Å². The highest BCUT2D eigenvalue weighted by Crippen LogP contribution is 2.26. The molecule has 4 aromatic rings. The van der Waals surface area contributed by atoms with Crippen molar-refractivity contribution in [3.63, 3.8) is 0 Å². The van der Waals surface area contributed by atoms with Crippen LogP contribution >= 0.6 is 11.7 Å². The lowest BCUT2D eigenvalue weighted by molar-refractivity contribution is -0.117. The Balaban J connectivity index is 1.72. The molecule has 0 radical (unpaired) electrons. The third kappa shape index (κ3) is 4.34. The second kappa shape index (κ2) is 8.54. The van der Waals surface area contributed by atoms with Crippen LogP contribution in [-0.2, 0) is 14.8 Å². The van der Waals surface area contributed by atoms with Gasteiger partial charge in [0.2, 0.25) is 15.9 Å².